The highest BCUT2D eigenvalue weighted by atomic mass is 16.5. The van der Waals surface area contributed by atoms with E-state index in [-0.39, 0.29) is 5.91 Å². The second kappa shape index (κ2) is 6.85. The van der Waals surface area contributed by atoms with Gasteiger partial charge in [0.25, 0.3) is 11.6 Å². The van der Waals surface area contributed by atoms with Crippen LogP contribution in [-0.2, 0) is 0 Å². The first-order valence-corrected chi connectivity index (χ1v) is 9.84. The topological polar surface area (TPSA) is 68.0 Å². The SMILES string of the molecule is Cc1ccc(NC(=O)c2cc(C3CC3)nc3onc(-c4ccccc4)c23)cc1C. The van der Waals surface area contributed by atoms with Crippen LogP contribution in [0.5, 0.6) is 0 Å². The Hall–Kier alpha value is -3.47. The lowest BCUT2D eigenvalue weighted by molar-refractivity contribution is 0.102. The number of nitrogens with zero attached hydrogens (tertiary/aromatic N) is 2. The van der Waals surface area contributed by atoms with Crippen LogP contribution in [0.1, 0.15) is 45.9 Å². The summed E-state index contributed by atoms with van der Waals surface area (Å²) in [6, 6.07) is 17.6. The molecule has 1 amide bonds. The molecule has 5 nitrogen and oxygen atoms in total. The Labute approximate surface area is 168 Å². The van der Waals surface area contributed by atoms with Gasteiger partial charge in [-0.2, -0.15) is 0 Å². The molecule has 0 spiro atoms. The van der Waals surface area contributed by atoms with Gasteiger partial charge in [-0.3, -0.25) is 4.79 Å². The van der Waals surface area contributed by atoms with Crippen molar-refractivity contribution >= 4 is 22.7 Å². The van der Waals surface area contributed by atoms with E-state index < -0.39 is 0 Å². The lowest BCUT2D eigenvalue weighted by Gasteiger charge is -2.10. The van der Waals surface area contributed by atoms with Crippen LogP contribution in [0, 0.1) is 13.8 Å². The van der Waals surface area contributed by atoms with Crippen molar-refractivity contribution in [2.24, 2.45) is 0 Å². The van der Waals surface area contributed by atoms with E-state index in [0.29, 0.717) is 28.3 Å². The van der Waals surface area contributed by atoms with E-state index in [1.807, 2.05) is 61.5 Å². The average Bonchev–Trinajstić information content (AvgIpc) is 3.50. The molecule has 1 N–H and O–H groups in total. The van der Waals surface area contributed by atoms with E-state index in [0.717, 1.165) is 35.3 Å². The normalized spacial score (nSPS) is 13.6. The van der Waals surface area contributed by atoms with Crippen molar-refractivity contribution in [3.05, 3.63) is 77.0 Å². The molecule has 0 saturated heterocycles. The molecule has 5 rings (SSSR count). The Bertz CT molecular complexity index is 1220. The molecule has 0 bridgehead atoms. The van der Waals surface area contributed by atoms with Gasteiger partial charge < -0.3 is 9.84 Å². The van der Waals surface area contributed by atoms with E-state index in [1.54, 1.807) is 0 Å². The van der Waals surface area contributed by atoms with Crippen LogP contribution in [-0.4, -0.2) is 16.0 Å². The van der Waals surface area contributed by atoms with Gasteiger partial charge in [-0.15, -0.1) is 0 Å². The van der Waals surface area contributed by atoms with Crippen molar-refractivity contribution in [1.29, 1.82) is 0 Å². The third-order valence-electron chi connectivity index (χ3n) is 5.52. The molecule has 2 aromatic heterocycles. The lowest BCUT2D eigenvalue weighted by Crippen LogP contribution is -2.13. The molecule has 5 heteroatoms. The third-order valence-corrected chi connectivity index (χ3v) is 5.52. The largest absolute Gasteiger partial charge is 0.335 e. The van der Waals surface area contributed by atoms with E-state index in [9.17, 15) is 4.79 Å². The summed E-state index contributed by atoms with van der Waals surface area (Å²) in [6.07, 6.45) is 2.19. The smallest absolute Gasteiger partial charge is 0.259 e. The predicted octanol–water partition coefficient (Wildman–Crippen LogP) is 5.64. The second-order valence-electron chi connectivity index (χ2n) is 7.70. The fourth-order valence-electron chi connectivity index (χ4n) is 3.55. The number of benzene rings is 2. The summed E-state index contributed by atoms with van der Waals surface area (Å²) in [5.74, 6) is 0.223. The molecule has 144 valence electrons. The zero-order valence-electron chi connectivity index (χ0n) is 16.4. The summed E-state index contributed by atoms with van der Waals surface area (Å²) in [6.45, 7) is 4.09. The highest BCUT2D eigenvalue weighted by Gasteiger charge is 2.29. The number of aromatic nitrogens is 2. The van der Waals surface area contributed by atoms with Crippen molar-refractivity contribution in [2.75, 3.05) is 5.32 Å². The highest BCUT2D eigenvalue weighted by molar-refractivity contribution is 6.14. The Morgan fingerprint density at radius 2 is 1.83 bits per heavy atom. The van der Waals surface area contributed by atoms with Gasteiger partial charge in [0.05, 0.1) is 10.9 Å². The van der Waals surface area contributed by atoms with Crippen molar-refractivity contribution in [3.8, 4) is 11.3 Å². The Kier molecular flexibility index (Phi) is 4.16. The van der Waals surface area contributed by atoms with Crippen LogP contribution in [0.2, 0.25) is 0 Å². The van der Waals surface area contributed by atoms with Crippen LogP contribution >= 0.6 is 0 Å². The molecule has 0 aliphatic heterocycles. The number of nitrogens with one attached hydrogen (secondary N) is 1. The van der Waals surface area contributed by atoms with E-state index in [1.165, 1.54) is 5.56 Å². The molecule has 1 saturated carbocycles. The summed E-state index contributed by atoms with van der Waals surface area (Å²) in [5, 5.41) is 7.94. The highest BCUT2D eigenvalue weighted by Crippen LogP contribution is 2.41. The molecule has 0 unspecified atom stereocenters. The number of carbonyl (C=O) groups is 1. The van der Waals surface area contributed by atoms with Crippen LogP contribution in [0.4, 0.5) is 5.69 Å². The van der Waals surface area contributed by atoms with Gasteiger partial charge in [0.2, 0.25) is 0 Å². The van der Waals surface area contributed by atoms with E-state index >= 15 is 0 Å². The molecule has 0 atom stereocenters. The molecule has 2 heterocycles. The van der Waals surface area contributed by atoms with Crippen LogP contribution < -0.4 is 5.32 Å². The molecule has 29 heavy (non-hydrogen) atoms. The first-order chi connectivity index (χ1) is 14.1. The van der Waals surface area contributed by atoms with E-state index in [4.69, 9.17) is 4.52 Å². The summed E-state index contributed by atoms with van der Waals surface area (Å²) in [4.78, 5) is 17.9. The van der Waals surface area contributed by atoms with Gasteiger partial charge in [0.1, 0.15) is 5.69 Å². The Balaban J connectivity index is 1.63. The summed E-state index contributed by atoms with van der Waals surface area (Å²) in [7, 11) is 0. The Morgan fingerprint density at radius 1 is 1.03 bits per heavy atom. The number of hydrogen-bond acceptors (Lipinski definition) is 4. The minimum Gasteiger partial charge on any atom is -0.335 e. The maximum absolute atomic E-state index is 13.3. The van der Waals surface area contributed by atoms with Gasteiger partial charge in [0.15, 0.2) is 0 Å². The van der Waals surface area contributed by atoms with Gasteiger partial charge in [-0.1, -0.05) is 41.6 Å². The van der Waals surface area contributed by atoms with Crippen molar-refractivity contribution in [3.63, 3.8) is 0 Å². The fourth-order valence-corrected chi connectivity index (χ4v) is 3.55. The molecular formula is C24H21N3O2. The number of rotatable bonds is 4. The first kappa shape index (κ1) is 17.6. The minimum absolute atomic E-state index is 0.178. The third kappa shape index (κ3) is 3.29. The molecular weight excluding hydrogens is 362 g/mol. The summed E-state index contributed by atoms with van der Waals surface area (Å²) < 4.78 is 5.56. The maximum atomic E-state index is 13.3. The van der Waals surface area contributed by atoms with Crippen molar-refractivity contribution in [1.82, 2.24) is 10.1 Å². The number of aryl methyl sites for hydroxylation is 2. The zero-order chi connectivity index (χ0) is 20.0. The van der Waals surface area contributed by atoms with Crippen molar-refractivity contribution < 1.29 is 9.32 Å². The summed E-state index contributed by atoms with van der Waals surface area (Å²) >= 11 is 0. The van der Waals surface area contributed by atoms with Gasteiger partial charge in [0, 0.05) is 22.9 Å². The maximum Gasteiger partial charge on any atom is 0.259 e. The number of amides is 1. The van der Waals surface area contributed by atoms with Gasteiger partial charge in [-0.25, -0.2) is 4.98 Å². The molecule has 1 aliphatic carbocycles. The van der Waals surface area contributed by atoms with E-state index in [2.05, 4.69) is 22.4 Å². The van der Waals surface area contributed by atoms with Crippen LogP contribution in [0.3, 0.4) is 0 Å². The predicted molar refractivity (Wildman–Crippen MR) is 113 cm³/mol. The standard InChI is InChI=1S/C24H21N3O2/c1-14-8-11-18(12-15(14)2)25-23(28)19-13-20(16-9-10-16)26-24-21(19)22(27-29-24)17-6-4-3-5-7-17/h3-8,11-13,16H,9-10H2,1-2H3,(H,25,28). The average molecular weight is 383 g/mol. The Morgan fingerprint density at radius 3 is 2.55 bits per heavy atom. The number of anilines is 1. The molecule has 1 aliphatic rings. The number of carbonyl (C=O) groups excluding carboxylic acids is 1. The number of fused-ring (bicyclic) bond motifs is 1. The molecule has 2 aromatic carbocycles. The van der Waals surface area contributed by atoms with Gasteiger partial charge >= 0.3 is 0 Å². The number of pyridine rings is 1. The second-order valence-corrected chi connectivity index (χ2v) is 7.70. The number of hydrogen-bond donors (Lipinski definition) is 1. The molecule has 0 radical (unpaired) electrons. The quantitative estimate of drug-likeness (QED) is 0.495. The minimum atomic E-state index is -0.178. The van der Waals surface area contributed by atoms with Crippen molar-refractivity contribution in [2.45, 2.75) is 32.6 Å². The first-order valence-electron chi connectivity index (χ1n) is 9.84. The van der Waals surface area contributed by atoms with Crippen LogP contribution in [0.25, 0.3) is 22.4 Å². The fraction of sp³-hybridized carbons (Fsp3) is 0.208. The monoisotopic (exact) mass is 383 g/mol. The summed E-state index contributed by atoms with van der Waals surface area (Å²) in [5.41, 5.74) is 6.50. The zero-order valence-corrected chi connectivity index (χ0v) is 16.4. The lowest BCUT2D eigenvalue weighted by atomic mass is 10.0. The van der Waals surface area contributed by atoms with Crippen LogP contribution in [0.15, 0.2) is 59.1 Å². The molecule has 4 aromatic rings. The molecule has 1 fully saturated rings. The van der Waals surface area contributed by atoms with Gasteiger partial charge in [-0.05, 0) is 56.0 Å².